The number of hydrogen-bond acceptors (Lipinski definition) is 3. The molecule has 2 rings (SSSR count). The average Bonchev–Trinajstić information content (AvgIpc) is 2.63. The first-order valence-electron chi connectivity index (χ1n) is 4.81. The van der Waals surface area contributed by atoms with Crippen molar-refractivity contribution in [2.75, 3.05) is 5.73 Å². The van der Waals surface area contributed by atoms with Crippen LogP contribution in [0, 0.1) is 0 Å². The Balaban J connectivity index is 2.22. The van der Waals surface area contributed by atoms with Crippen molar-refractivity contribution in [3.8, 4) is 0 Å². The largest absolute Gasteiger partial charge is 0.416 e. The molecule has 0 radical (unpaired) electrons. The molecule has 0 aliphatic heterocycles. The van der Waals surface area contributed by atoms with Gasteiger partial charge in [-0.15, -0.1) is 11.3 Å². The van der Waals surface area contributed by atoms with E-state index < -0.39 is 11.7 Å². The molecule has 1 aromatic heterocycles. The van der Waals surface area contributed by atoms with Gasteiger partial charge in [0.15, 0.2) is 0 Å². The highest BCUT2D eigenvalue weighted by Gasteiger charge is 2.30. The lowest BCUT2D eigenvalue weighted by atomic mass is 10.1. The molecule has 0 atom stereocenters. The first kappa shape index (κ1) is 11.9. The summed E-state index contributed by atoms with van der Waals surface area (Å²) in [6.07, 6.45) is -3.94. The van der Waals surface area contributed by atoms with Gasteiger partial charge in [-0.25, -0.2) is 4.98 Å². The SMILES string of the molecule is Nc1csc(Cc2cccc(C(F)(F)F)c2)n1. The molecule has 0 saturated heterocycles. The molecule has 0 amide bonds. The van der Waals surface area contributed by atoms with Crippen molar-refractivity contribution in [3.05, 3.63) is 45.8 Å². The number of nitrogen functional groups attached to an aromatic ring is 1. The average molecular weight is 258 g/mol. The van der Waals surface area contributed by atoms with Crippen LogP contribution in [0.4, 0.5) is 19.0 Å². The zero-order valence-electron chi connectivity index (χ0n) is 8.66. The maximum atomic E-state index is 12.5. The van der Waals surface area contributed by atoms with Crippen LogP contribution in [0.15, 0.2) is 29.6 Å². The van der Waals surface area contributed by atoms with E-state index in [1.165, 1.54) is 17.4 Å². The van der Waals surface area contributed by atoms with Gasteiger partial charge in [0.05, 0.1) is 10.6 Å². The third kappa shape index (κ3) is 2.97. The predicted octanol–water partition coefficient (Wildman–Crippen LogP) is 3.33. The number of nitrogens with zero attached hydrogens (tertiary/aromatic N) is 1. The number of thiazole rings is 1. The van der Waals surface area contributed by atoms with Gasteiger partial charge < -0.3 is 5.73 Å². The summed E-state index contributed by atoms with van der Waals surface area (Å²) in [6.45, 7) is 0. The quantitative estimate of drug-likeness (QED) is 0.897. The monoisotopic (exact) mass is 258 g/mol. The van der Waals surface area contributed by atoms with Crippen LogP contribution in [0.2, 0.25) is 0 Å². The minimum Gasteiger partial charge on any atom is -0.383 e. The van der Waals surface area contributed by atoms with Crippen molar-refractivity contribution in [2.45, 2.75) is 12.6 Å². The van der Waals surface area contributed by atoms with Crippen LogP contribution in [0.3, 0.4) is 0 Å². The van der Waals surface area contributed by atoms with Crippen molar-refractivity contribution >= 4 is 17.2 Å². The number of anilines is 1. The fourth-order valence-corrected chi connectivity index (χ4v) is 2.16. The van der Waals surface area contributed by atoms with Crippen LogP contribution in [0.5, 0.6) is 0 Å². The topological polar surface area (TPSA) is 38.9 Å². The smallest absolute Gasteiger partial charge is 0.383 e. The maximum absolute atomic E-state index is 12.5. The third-order valence-corrected chi connectivity index (χ3v) is 3.05. The van der Waals surface area contributed by atoms with E-state index in [2.05, 4.69) is 4.98 Å². The molecule has 0 spiro atoms. The van der Waals surface area contributed by atoms with Crippen LogP contribution in [-0.2, 0) is 12.6 Å². The van der Waals surface area contributed by atoms with Crippen LogP contribution in [0.25, 0.3) is 0 Å². The Kier molecular flexibility index (Phi) is 3.06. The van der Waals surface area contributed by atoms with E-state index in [4.69, 9.17) is 5.73 Å². The number of alkyl halides is 3. The van der Waals surface area contributed by atoms with Gasteiger partial charge in [-0.1, -0.05) is 18.2 Å². The van der Waals surface area contributed by atoms with Gasteiger partial charge in [0.2, 0.25) is 0 Å². The summed E-state index contributed by atoms with van der Waals surface area (Å²) in [4.78, 5) is 4.01. The zero-order valence-corrected chi connectivity index (χ0v) is 9.48. The molecule has 17 heavy (non-hydrogen) atoms. The number of hydrogen-bond donors (Lipinski definition) is 1. The summed E-state index contributed by atoms with van der Waals surface area (Å²) in [6, 6.07) is 5.24. The zero-order chi connectivity index (χ0) is 12.5. The van der Waals surface area contributed by atoms with Gasteiger partial charge in [-0.3, -0.25) is 0 Å². The number of aromatic nitrogens is 1. The molecule has 1 aromatic carbocycles. The normalized spacial score (nSPS) is 11.7. The van der Waals surface area contributed by atoms with Crippen molar-refractivity contribution in [1.29, 1.82) is 0 Å². The Morgan fingerprint density at radius 1 is 1.29 bits per heavy atom. The van der Waals surface area contributed by atoms with E-state index in [1.807, 2.05) is 0 Å². The maximum Gasteiger partial charge on any atom is 0.416 e. The van der Waals surface area contributed by atoms with E-state index in [9.17, 15) is 13.2 Å². The number of nitrogens with two attached hydrogens (primary N) is 1. The van der Waals surface area contributed by atoms with E-state index in [0.717, 1.165) is 12.1 Å². The minimum atomic E-state index is -4.31. The molecule has 1 heterocycles. The van der Waals surface area contributed by atoms with Crippen molar-refractivity contribution in [2.24, 2.45) is 0 Å². The van der Waals surface area contributed by atoms with Gasteiger partial charge in [0.1, 0.15) is 5.82 Å². The lowest BCUT2D eigenvalue weighted by Crippen LogP contribution is -2.05. The second kappa shape index (κ2) is 4.37. The predicted molar refractivity (Wildman–Crippen MR) is 60.8 cm³/mol. The Bertz CT molecular complexity index is 519. The van der Waals surface area contributed by atoms with Crippen LogP contribution >= 0.6 is 11.3 Å². The Labute approximate surface area is 99.9 Å². The Hall–Kier alpha value is -1.56. The third-order valence-electron chi connectivity index (χ3n) is 2.18. The molecular formula is C11H9F3N2S. The Morgan fingerprint density at radius 2 is 2.06 bits per heavy atom. The molecule has 0 saturated carbocycles. The van der Waals surface area contributed by atoms with Gasteiger partial charge in [-0.05, 0) is 11.6 Å². The number of halogens is 3. The van der Waals surface area contributed by atoms with Crippen molar-refractivity contribution < 1.29 is 13.2 Å². The summed E-state index contributed by atoms with van der Waals surface area (Å²) in [5.74, 6) is 0.400. The molecular weight excluding hydrogens is 249 g/mol. The fraction of sp³-hybridized carbons (Fsp3) is 0.182. The number of benzene rings is 1. The molecule has 0 aliphatic rings. The van der Waals surface area contributed by atoms with Crippen LogP contribution in [0.1, 0.15) is 16.1 Å². The summed E-state index contributed by atoms with van der Waals surface area (Å²) in [5.41, 5.74) is 5.39. The van der Waals surface area contributed by atoms with Crippen molar-refractivity contribution in [3.63, 3.8) is 0 Å². The molecule has 6 heteroatoms. The number of rotatable bonds is 2. The fourth-order valence-electron chi connectivity index (χ4n) is 1.44. The van der Waals surface area contributed by atoms with Gasteiger partial charge in [-0.2, -0.15) is 13.2 Å². The highest BCUT2D eigenvalue weighted by Crippen LogP contribution is 2.30. The lowest BCUT2D eigenvalue weighted by molar-refractivity contribution is -0.137. The summed E-state index contributed by atoms with van der Waals surface area (Å²) < 4.78 is 37.4. The van der Waals surface area contributed by atoms with Gasteiger partial charge in [0.25, 0.3) is 0 Å². The summed E-state index contributed by atoms with van der Waals surface area (Å²) in [5, 5.41) is 2.38. The molecule has 2 N–H and O–H groups in total. The highest BCUT2D eigenvalue weighted by molar-refractivity contribution is 7.10. The Morgan fingerprint density at radius 3 is 2.65 bits per heavy atom. The second-order valence-corrected chi connectivity index (χ2v) is 4.48. The molecule has 0 fully saturated rings. The van der Waals surface area contributed by atoms with E-state index >= 15 is 0 Å². The molecule has 2 nitrogen and oxygen atoms in total. The standard InChI is InChI=1S/C11H9F3N2S/c12-11(13,14)8-3-1-2-7(4-8)5-10-16-9(15)6-17-10/h1-4,6H,5,15H2. The van der Waals surface area contributed by atoms with Crippen LogP contribution in [-0.4, -0.2) is 4.98 Å². The first-order valence-corrected chi connectivity index (χ1v) is 5.69. The highest BCUT2D eigenvalue weighted by atomic mass is 32.1. The van der Waals surface area contributed by atoms with E-state index in [-0.39, 0.29) is 0 Å². The summed E-state index contributed by atoms with van der Waals surface area (Å²) in [7, 11) is 0. The van der Waals surface area contributed by atoms with E-state index in [1.54, 1.807) is 11.4 Å². The molecule has 90 valence electrons. The molecule has 0 aliphatic carbocycles. The van der Waals surface area contributed by atoms with Gasteiger partial charge >= 0.3 is 6.18 Å². The summed E-state index contributed by atoms with van der Waals surface area (Å²) >= 11 is 1.34. The van der Waals surface area contributed by atoms with Gasteiger partial charge in [0, 0.05) is 11.8 Å². The van der Waals surface area contributed by atoms with Crippen molar-refractivity contribution in [1.82, 2.24) is 4.98 Å². The van der Waals surface area contributed by atoms with Crippen LogP contribution < -0.4 is 5.73 Å². The lowest BCUT2D eigenvalue weighted by Gasteiger charge is -2.07. The second-order valence-electron chi connectivity index (χ2n) is 3.54. The van der Waals surface area contributed by atoms with E-state index in [0.29, 0.717) is 22.8 Å². The first-order chi connectivity index (χ1) is 7.95. The molecule has 2 aromatic rings. The molecule has 0 unspecified atom stereocenters. The molecule has 0 bridgehead atoms. The minimum absolute atomic E-state index is 0.367.